The molecule has 0 bridgehead atoms. The minimum atomic E-state index is -2.65. The maximum Gasteiger partial charge on any atom is 0.703 e. The van der Waals surface area contributed by atoms with Crippen molar-refractivity contribution in [3.8, 4) is 0 Å². The molecule has 0 saturated heterocycles. The number of halogens is 2. The molecule has 26 heavy (non-hydrogen) atoms. The van der Waals surface area contributed by atoms with Crippen molar-refractivity contribution in [2.45, 2.75) is 65.6 Å². The van der Waals surface area contributed by atoms with Crippen LogP contribution in [0.5, 0.6) is 0 Å². The first-order valence-electron chi connectivity index (χ1n) is 8.86. The van der Waals surface area contributed by atoms with Crippen molar-refractivity contribution in [3.05, 3.63) is 0 Å². The van der Waals surface area contributed by atoms with Gasteiger partial charge < -0.3 is 19.3 Å². The Labute approximate surface area is 168 Å². The van der Waals surface area contributed by atoms with Gasteiger partial charge >= 0.3 is 14.2 Å². The maximum atomic E-state index is 11.9. The highest BCUT2D eigenvalue weighted by Gasteiger charge is 2.59. The number of ether oxygens (including phenoxy) is 3. The fraction of sp³-hybridized carbons (Fsp3) is 1.00. The molecular weight excluding hydrogens is 406 g/mol. The van der Waals surface area contributed by atoms with Crippen molar-refractivity contribution in [3.63, 3.8) is 0 Å². The highest BCUT2D eigenvalue weighted by molar-refractivity contribution is 7.33. The van der Waals surface area contributed by atoms with Crippen molar-refractivity contribution in [2.75, 3.05) is 38.2 Å². The second-order valence-corrected chi connectivity index (χ2v) is 6.98. The van der Waals surface area contributed by atoms with Gasteiger partial charge in [-0.15, -0.1) is 27.7 Å². The van der Waals surface area contributed by atoms with Crippen molar-refractivity contribution < 1.29 is 32.9 Å². The lowest BCUT2D eigenvalue weighted by molar-refractivity contribution is -0.459. The summed E-state index contributed by atoms with van der Waals surface area (Å²) in [5.74, 6) is -3.15. The van der Waals surface area contributed by atoms with E-state index in [4.69, 9.17) is 46.5 Å². The third kappa shape index (κ3) is 12.0. The monoisotopic (exact) mass is 439 g/mol. The predicted molar refractivity (Wildman–Crippen MR) is 104 cm³/mol. The molecule has 2 atom stereocenters. The number of hydrogen-bond acceptors (Lipinski definition) is 7. The van der Waals surface area contributed by atoms with Crippen LogP contribution in [0.3, 0.4) is 0 Å². The standard InChI is InChI=1S/C14H29ClO7P.C2H5Cl/c1-5-9-18-13(4,19-10-6-2)14(16,20-11-7-3)22-23(17)21-12-8-15;1-2-3/h16H,5-12H2,1-4H3;2H2,1H3/q+1;. The summed E-state index contributed by atoms with van der Waals surface area (Å²) in [6.07, 6.45) is 2.01. The molecule has 0 rings (SSSR count). The largest absolute Gasteiger partial charge is 0.703 e. The molecule has 1 N–H and O–H groups in total. The van der Waals surface area contributed by atoms with Crippen LogP contribution < -0.4 is 0 Å². The molecule has 0 spiro atoms. The molecule has 0 aliphatic rings. The second kappa shape index (κ2) is 17.5. The van der Waals surface area contributed by atoms with Crippen molar-refractivity contribution in [2.24, 2.45) is 0 Å². The quantitative estimate of drug-likeness (QED) is 0.222. The Kier molecular flexibility index (Phi) is 19.3. The van der Waals surface area contributed by atoms with E-state index in [0.717, 1.165) is 5.88 Å². The molecule has 0 heterocycles. The average molecular weight is 440 g/mol. The van der Waals surface area contributed by atoms with Crippen LogP contribution in [0.2, 0.25) is 0 Å². The van der Waals surface area contributed by atoms with Gasteiger partial charge in [-0.05, 0) is 30.7 Å². The van der Waals surface area contributed by atoms with E-state index in [1.807, 2.05) is 27.7 Å². The van der Waals surface area contributed by atoms with Crippen LogP contribution in [0.25, 0.3) is 0 Å². The zero-order chi connectivity index (χ0) is 20.5. The molecule has 0 aliphatic heterocycles. The normalized spacial score (nSPS) is 14.4. The van der Waals surface area contributed by atoms with E-state index in [-0.39, 0.29) is 19.1 Å². The van der Waals surface area contributed by atoms with Gasteiger partial charge in [0.15, 0.2) is 0 Å². The van der Waals surface area contributed by atoms with Crippen LogP contribution in [0, 0.1) is 0 Å². The van der Waals surface area contributed by atoms with E-state index in [2.05, 4.69) is 0 Å². The van der Waals surface area contributed by atoms with Crippen LogP contribution >= 0.6 is 31.5 Å². The Morgan fingerprint density at radius 3 is 1.69 bits per heavy atom. The average Bonchev–Trinajstić information content (AvgIpc) is 2.61. The van der Waals surface area contributed by atoms with Gasteiger partial charge in [0.05, 0.1) is 25.7 Å². The lowest BCUT2D eigenvalue weighted by Gasteiger charge is -2.38. The number of aliphatic hydroxyl groups is 1. The van der Waals surface area contributed by atoms with Gasteiger partial charge in [-0.1, -0.05) is 27.7 Å². The van der Waals surface area contributed by atoms with Gasteiger partial charge in [0, 0.05) is 10.4 Å². The van der Waals surface area contributed by atoms with Crippen LogP contribution in [0.15, 0.2) is 0 Å². The summed E-state index contributed by atoms with van der Waals surface area (Å²) in [5.41, 5.74) is 0. The second-order valence-electron chi connectivity index (χ2n) is 5.18. The molecule has 2 unspecified atom stereocenters. The van der Waals surface area contributed by atoms with Crippen LogP contribution in [0.1, 0.15) is 53.9 Å². The van der Waals surface area contributed by atoms with E-state index in [0.29, 0.717) is 32.5 Å². The lowest BCUT2D eigenvalue weighted by atomic mass is 10.2. The van der Waals surface area contributed by atoms with Gasteiger partial charge in [-0.3, -0.25) is 0 Å². The van der Waals surface area contributed by atoms with Gasteiger partial charge in [-0.25, -0.2) is 0 Å². The fourth-order valence-electron chi connectivity index (χ4n) is 1.53. The van der Waals surface area contributed by atoms with Gasteiger partial charge in [0.25, 0.3) is 5.79 Å². The molecule has 0 aromatic carbocycles. The zero-order valence-corrected chi connectivity index (χ0v) is 18.9. The smallest absolute Gasteiger partial charge is 0.343 e. The van der Waals surface area contributed by atoms with Gasteiger partial charge in [0.1, 0.15) is 6.61 Å². The van der Waals surface area contributed by atoms with E-state index in [1.165, 1.54) is 6.92 Å². The molecule has 0 amide bonds. The first-order chi connectivity index (χ1) is 12.3. The Bertz CT molecular complexity index is 343. The minimum absolute atomic E-state index is 0.0168. The van der Waals surface area contributed by atoms with Gasteiger partial charge in [0.2, 0.25) is 0 Å². The van der Waals surface area contributed by atoms with E-state index >= 15 is 0 Å². The Hall–Kier alpha value is 0.440. The first kappa shape index (κ1) is 28.6. The lowest BCUT2D eigenvalue weighted by Crippen LogP contribution is -2.58. The van der Waals surface area contributed by atoms with Crippen LogP contribution in [0.4, 0.5) is 0 Å². The molecule has 10 heteroatoms. The summed E-state index contributed by atoms with van der Waals surface area (Å²) in [5, 5.41) is 10.8. The molecule has 0 radical (unpaired) electrons. The Morgan fingerprint density at radius 2 is 1.31 bits per heavy atom. The maximum absolute atomic E-state index is 11.9. The first-order valence-corrected chi connectivity index (χ1v) is 11.0. The molecule has 0 aromatic heterocycles. The third-order valence-corrected chi connectivity index (χ3v) is 3.66. The van der Waals surface area contributed by atoms with Crippen LogP contribution in [-0.2, 0) is 27.8 Å². The number of hydrogen-bond donors (Lipinski definition) is 1. The van der Waals surface area contributed by atoms with Crippen LogP contribution in [-0.4, -0.2) is 55.1 Å². The molecular formula is C16H34Cl2O7P+. The minimum Gasteiger partial charge on any atom is -0.343 e. The van der Waals surface area contributed by atoms with E-state index in [9.17, 15) is 9.67 Å². The third-order valence-electron chi connectivity index (χ3n) is 2.71. The van der Waals surface area contributed by atoms with Crippen molar-refractivity contribution >= 4 is 31.5 Å². The molecule has 0 aromatic rings. The van der Waals surface area contributed by atoms with Crippen molar-refractivity contribution in [1.82, 2.24) is 0 Å². The summed E-state index contributed by atoms with van der Waals surface area (Å²) in [4.78, 5) is 0. The summed E-state index contributed by atoms with van der Waals surface area (Å²) in [6.45, 7) is 9.86. The predicted octanol–water partition coefficient (Wildman–Crippen LogP) is 4.80. The Balaban J connectivity index is 0. The fourth-order valence-corrected chi connectivity index (χ4v) is 2.43. The molecule has 158 valence electrons. The molecule has 0 fully saturated rings. The highest BCUT2D eigenvalue weighted by Crippen LogP contribution is 2.39. The number of alkyl halides is 2. The summed E-state index contributed by atoms with van der Waals surface area (Å²) in [6, 6.07) is 0. The number of rotatable bonds is 15. The SMILES string of the molecule is CCCOC(C)(OCCC)C(O)(OCCC)O[P+](=O)OCCCl.CCCl. The van der Waals surface area contributed by atoms with Crippen molar-refractivity contribution in [1.29, 1.82) is 0 Å². The molecule has 7 nitrogen and oxygen atoms in total. The van der Waals surface area contributed by atoms with Gasteiger partial charge in [-0.2, -0.15) is 0 Å². The highest BCUT2D eigenvalue weighted by atomic mass is 35.5. The van der Waals surface area contributed by atoms with E-state index in [1.54, 1.807) is 0 Å². The summed E-state index contributed by atoms with van der Waals surface area (Å²) >= 11 is 10.5. The van der Waals surface area contributed by atoms with E-state index < -0.39 is 20.0 Å². The summed E-state index contributed by atoms with van der Waals surface area (Å²) < 4.78 is 38.5. The zero-order valence-electron chi connectivity index (χ0n) is 16.5. The summed E-state index contributed by atoms with van der Waals surface area (Å²) in [7, 11) is -2.65. The Morgan fingerprint density at radius 1 is 0.885 bits per heavy atom. The molecule has 0 saturated carbocycles. The topological polar surface area (TPSA) is 83.5 Å². The molecule has 0 aliphatic carbocycles.